The fourth-order valence-corrected chi connectivity index (χ4v) is 3.24. The monoisotopic (exact) mass is 162 g/mol. The highest BCUT2D eigenvalue weighted by Gasteiger charge is 2.40. The minimum atomic E-state index is -2.13. The van der Waals surface area contributed by atoms with E-state index in [9.17, 15) is 0 Å². The minimum Gasteiger partial charge on any atom is -0.377 e. The van der Waals surface area contributed by atoms with Crippen LogP contribution in [0.1, 0.15) is 12.8 Å². The van der Waals surface area contributed by atoms with Gasteiger partial charge in [0, 0.05) is 26.9 Å². The van der Waals surface area contributed by atoms with Crippen LogP contribution in [-0.4, -0.2) is 29.6 Å². The van der Waals surface area contributed by atoms with E-state index in [1.54, 1.807) is 14.2 Å². The summed E-state index contributed by atoms with van der Waals surface area (Å²) in [6, 6.07) is 0.972. The molecule has 1 heterocycles. The predicted molar refractivity (Wildman–Crippen MR) is 39.8 cm³/mol. The molecule has 1 rings (SSSR count). The Morgan fingerprint density at radius 1 is 1.20 bits per heavy atom. The van der Waals surface area contributed by atoms with Gasteiger partial charge in [-0.15, -0.1) is 0 Å². The molecule has 60 valence electrons. The van der Waals surface area contributed by atoms with Gasteiger partial charge in [0.2, 0.25) is 0 Å². The summed E-state index contributed by atoms with van der Waals surface area (Å²) in [5, 5.41) is 0. The number of hydrogen-bond donors (Lipinski definition) is 0. The lowest BCUT2D eigenvalue weighted by Crippen LogP contribution is -2.46. The molecule has 3 nitrogen and oxygen atoms in total. The van der Waals surface area contributed by atoms with Crippen molar-refractivity contribution in [2.75, 3.05) is 20.8 Å². The topological polar surface area (TPSA) is 27.7 Å². The zero-order chi connectivity index (χ0) is 7.45. The van der Waals surface area contributed by atoms with E-state index in [0.29, 0.717) is 0 Å². The first-order valence-corrected chi connectivity index (χ1v) is 5.50. The minimum absolute atomic E-state index is 0.800. The van der Waals surface area contributed by atoms with Crippen molar-refractivity contribution in [2.24, 2.45) is 0 Å². The second-order valence-electron chi connectivity index (χ2n) is 2.40. The van der Waals surface area contributed by atoms with Crippen molar-refractivity contribution in [1.82, 2.24) is 0 Å². The molecular formula is C6H14O3Si. The van der Waals surface area contributed by atoms with Crippen LogP contribution < -0.4 is 0 Å². The molecular weight excluding hydrogens is 148 g/mol. The van der Waals surface area contributed by atoms with Gasteiger partial charge in [-0.3, -0.25) is 0 Å². The van der Waals surface area contributed by atoms with E-state index in [1.165, 1.54) is 6.42 Å². The van der Waals surface area contributed by atoms with Crippen LogP contribution in [0.25, 0.3) is 0 Å². The lowest BCUT2D eigenvalue weighted by Gasteiger charge is -2.29. The molecule has 0 aliphatic carbocycles. The van der Waals surface area contributed by atoms with Crippen LogP contribution in [0.2, 0.25) is 6.04 Å². The van der Waals surface area contributed by atoms with E-state index in [0.717, 1.165) is 19.1 Å². The van der Waals surface area contributed by atoms with Crippen molar-refractivity contribution in [3.05, 3.63) is 0 Å². The van der Waals surface area contributed by atoms with Gasteiger partial charge in [0.05, 0.1) is 0 Å². The van der Waals surface area contributed by atoms with Crippen molar-refractivity contribution in [3.63, 3.8) is 0 Å². The highest BCUT2D eigenvalue weighted by atomic mass is 28.4. The second kappa shape index (κ2) is 3.48. The van der Waals surface area contributed by atoms with Crippen molar-refractivity contribution in [3.8, 4) is 0 Å². The van der Waals surface area contributed by atoms with Gasteiger partial charge < -0.3 is 13.3 Å². The highest BCUT2D eigenvalue weighted by molar-refractivity contribution is 6.60. The van der Waals surface area contributed by atoms with Crippen LogP contribution >= 0.6 is 0 Å². The first-order chi connectivity index (χ1) is 4.83. The van der Waals surface area contributed by atoms with Gasteiger partial charge in [-0.25, -0.2) is 0 Å². The maximum absolute atomic E-state index is 5.46. The summed E-state index contributed by atoms with van der Waals surface area (Å²) in [4.78, 5) is 0. The van der Waals surface area contributed by atoms with Crippen molar-refractivity contribution in [1.29, 1.82) is 0 Å². The van der Waals surface area contributed by atoms with Crippen LogP contribution in [0.5, 0.6) is 0 Å². The average molecular weight is 162 g/mol. The average Bonchev–Trinajstić information content (AvgIpc) is 2.06. The molecule has 4 heteroatoms. The second-order valence-corrected chi connectivity index (χ2v) is 5.37. The van der Waals surface area contributed by atoms with Crippen molar-refractivity contribution < 1.29 is 13.3 Å². The molecule has 0 aromatic rings. The molecule has 1 aliphatic heterocycles. The summed E-state index contributed by atoms with van der Waals surface area (Å²) >= 11 is 0. The normalized spacial score (nSPS) is 24.6. The highest BCUT2D eigenvalue weighted by Crippen LogP contribution is 2.22. The van der Waals surface area contributed by atoms with E-state index in [1.807, 2.05) is 0 Å². The van der Waals surface area contributed by atoms with Gasteiger partial charge in [0.25, 0.3) is 0 Å². The lowest BCUT2D eigenvalue weighted by atomic mass is 10.4. The maximum atomic E-state index is 5.46. The summed E-state index contributed by atoms with van der Waals surface area (Å²) < 4.78 is 15.9. The maximum Gasteiger partial charge on any atom is 0.500 e. The van der Waals surface area contributed by atoms with Gasteiger partial charge in [-0.05, 0) is 12.8 Å². The Morgan fingerprint density at radius 2 is 1.90 bits per heavy atom. The van der Waals surface area contributed by atoms with E-state index in [-0.39, 0.29) is 0 Å². The largest absolute Gasteiger partial charge is 0.500 e. The Hall–Kier alpha value is 0.0969. The predicted octanol–water partition coefficient (Wildman–Crippen LogP) is 1.03. The fourth-order valence-electron chi connectivity index (χ4n) is 1.15. The zero-order valence-electron chi connectivity index (χ0n) is 6.55. The lowest BCUT2D eigenvalue weighted by molar-refractivity contribution is 0.0820. The molecule has 0 atom stereocenters. The number of hydrogen-bond acceptors (Lipinski definition) is 3. The molecule has 1 saturated heterocycles. The van der Waals surface area contributed by atoms with Crippen LogP contribution in [0.15, 0.2) is 0 Å². The van der Waals surface area contributed by atoms with E-state index in [2.05, 4.69) is 0 Å². The Labute approximate surface area is 62.6 Å². The standard InChI is InChI=1S/C6H14O3Si/c1-7-10(8-2)6-4-3-5-9-10/h3-6H2,1-2H3. The van der Waals surface area contributed by atoms with Crippen LogP contribution in [0.3, 0.4) is 0 Å². The molecule has 10 heavy (non-hydrogen) atoms. The smallest absolute Gasteiger partial charge is 0.377 e. The molecule has 0 aromatic carbocycles. The van der Waals surface area contributed by atoms with Crippen LogP contribution in [0.4, 0.5) is 0 Å². The molecule has 0 bridgehead atoms. The molecule has 0 radical (unpaired) electrons. The Morgan fingerprint density at radius 3 is 2.20 bits per heavy atom. The van der Waals surface area contributed by atoms with Gasteiger partial charge in [0.15, 0.2) is 0 Å². The summed E-state index contributed by atoms with van der Waals surface area (Å²) in [7, 11) is 1.20. The van der Waals surface area contributed by atoms with Crippen molar-refractivity contribution in [2.45, 2.75) is 18.9 Å². The number of rotatable bonds is 2. The molecule has 0 saturated carbocycles. The zero-order valence-corrected chi connectivity index (χ0v) is 7.55. The Kier molecular flexibility index (Phi) is 2.85. The molecule has 1 aliphatic rings. The first-order valence-electron chi connectivity index (χ1n) is 3.57. The van der Waals surface area contributed by atoms with Crippen LogP contribution in [0, 0.1) is 0 Å². The third-order valence-electron chi connectivity index (χ3n) is 1.82. The fraction of sp³-hybridized carbons (Fsp3) is 1.00. The van der Waals surface area contributed by atoms with E-state index >= 15 is 0 Å². The van der Waals surface area contributed by atoms with E-state index < -0.39 is 8.80 Å². The third-order valence-corrected chi connectivity index (χ3v) is 4.68. The third kappa shape index (κ3) is 1.57. The quantitative estimate of drug-likeness (QED) is 0.568. The molecule has 0 unspecified atom stereocenters. The SMILES string of the molecule is CO[Si]1(OC)CCCCO1. The summed E-state index contributed by atoms with van der Waals surface area (Å²) in [5.41, 5.74) is 0. The van der Waals surface area contributed by atoms with Gasteiger partial charge in [0.1, 0.15) is 0 Å². The molecule has 0 amide bonds. The van der Waals surface area contributed by atoms with Gasteiger partial charge in [-0.2, -0.15) is 0 Å². The van der Waals surface area contributed by atoms with Gasteiger partial charge >= 0.3 is 8.80 Å². The Balaban J connectivity index is 2.44. The molecule has 0 aromatic heterocycles. The van der Waals surface area contributed by atoms with E-state index in [4.69, 9.17) is 13.3 Å². The van der Waals surface area contributed by atoms with Crippen molar-refractivity contribution >= 4 is 8.80 Å². The summed E-state index contributed by atoms with van der Waals surface area (Å²) in [5.74, 6) is 0. The molecule has 0 N–H and O–H groups in total. The van der Waals surface area contributed by atoms with Crippen LogP contribution in [-0.2, 0) is 13.3 Å². The Bertz CT molecular complexity index is 95.2. The van der Waals surface area contributed by atoms with Gasteiger partial charge in [-0.1, -0.05) is 0 Å². The summed E-state index contributed by atoms with van der Waals surface area (Å²) in [6.07, 6.45) is 2.31. The molecule has 1 fully saturated rings. The molecule has 0 spiro atoms. The summed E-state index contributed by atoms with van der Waals surface area (Å²) in [6.45, 7) is 0.800. The first kappa shape index (κ1) is 8.20.